The SMILES string of the molecule is CC(C)/C=C/[C@@H](CCC=O)[Si](C)(C)c1ccccc1. The van der Waals surface area contributed by atoms with Gasteiger partial charge in [0.15, 0.2) is 0 Å². The molecule has 104 valence electrons. The lowest BCUT2D eigenvalue weighted by atomic mass is 10.1. The van der Waals surface area contributed by atoms with Crippen molar-refractivity contribution in [2.45, 2.75) is 45.3 Å². The largest absolute Gasteiger partial charge is 0.303 e. The number of hydrogen-bond acceptors (Lipinski definition) is 1. The molecule has 0 fully saturated rings. The predicted molar refractivity (Wildman–Crippen MR) is 86.6 cm³/mol. The number of benzene rings is 1. The van der Waals surface area contributed by atoms with Gasteiger partial charge in [-0.05, 0) is 17.9 Å². The lowest BCUT2D eigenvalue weighted by molar-refractivity contribution is -0.107. The molecule has 1 aromatic carbocycles. The van der Waals surface area contributed by atoms with Crippen LogP contribution in [0.15, 0.2) is 42.5 Å². The molecule has 0 aliphatic rings. The van der Waals surface area contributed by atoms with Crippen LogP contribution < -0.4 is 5.19 Å². The Labute approximate surface area is 118 Å². The average Bonchev–Trinajstić information content (AvgIpc) is 2.39. The average molecular weight is 274 g/mol. The summed E-state index contributed by atoms with van der Waals surface area (Å²) in [5.74, 6) is 0.569. The molecule has 1 aromatic rings. The molecule has 2 heteroatoms. The summed E-state index contributed by atoms with van der Waals surface area (Å²) in [6, 6.07) is 10.8. The first-order chi connectivity index (χ1) is 8.98. The first kappa shape index (κ1) is 15.9. The molecular formula is C17H26OSi. The number of hydrogen-bond donors (Lipinski definition) is 0. The Morgan fingerprint density at radius 1 is 1.11 bits per heavy atom. The topological polar surface area (TPSA) is 17.1 Å². The fraction of sp³-hybridized carbons (Fsp3) is 0.471. The molecule has 0 aliphatic heterocycles. The molecule has 0 N–H and O–H groups in total. The Kier molecular flexibility index (Phi) is 6.23. The summed E-state index contributed by atoms with van der Waals surface area (Å²) in [4.78, 5) is 10.7. The highest BCUT2D eigenvalue weighted by Gasteiger charge is 2.31. The first-order valence-electron chi connectivity index (χ1n) is 7.16. The smallest absolute Gasteiger partial charge is 0.120 e. The number of carbonyl (C=O) groups is 1. The van der Waals surface area contributed by atoms with Crippen LogP contribution in [0.2, 0.25) is 18.6 Å². The van der Waals surface area contributed by atoms with Crippen LogP contribution in [-0.2, 0) is 4.79 Å². The normalized spacial score (nSPS) is 13.9. The van der Waals surface area contributed by atoms with E-state index in [0.29, 0.717) is 17.9 Å². The van der Waals surface area contributed by atoms with Crippen molar-refractivity contribution < 1.29 is 4.79 Å². The third-order valence-electron chi connectivity index (χ3n) is 3.77. The van der Waals surface area contributed by atoms with Gasteiger partial charge in [-0.25, -0.2) is 0 Å². The Morgan fingerprint density at radius 2 is 1.74 bits per heavy atom. The zero-order chi connectivity index (χ0) is 14.3. The van der Waals surface area contributed by atoms with Crippen LogP contribution in [-0.4, -0.2) is 14.4 Å². The fourth-order valence-electron chi connectivity index (χ4n) is 2.38. The maximum atomic E-state index is 10.7. The Balaban J connectivity index is 2.97. The summed E-state index contributed by atoms with van der Waals surface area (Å²) in [5.41, 5.74) is 0.530. The Morgan fingerprint density at radius 3 is 2.26 bits per heavy atom. The van der Waals surface area contributed by atoms with Gasteiger partial charge in [-0.15, -0.1) is 0 Å². The van der Waals surface area contributed by atoms with Crippen LogP contribution in [0.25, 0.3) is 0 Å². The molecule has 0 aliphatic carbocycles. The quantitative estimate of drug-likeness (QED) is 0.414. The minimum Gasteiger partial charge on any atom is -0.303 e. The highest BCUT2D eigenvalue weighted by atomic mass is 28.3. The standard InChI is InChI=1S/C17H26OSi/c1-15(2)12-13-17(11-8-14-18)19(3,4)16-9-6-5-7-10-16/h5-7,9-10,12-15,17H,8,11H2,1-4H3/b13-12+/t17-/m1/s1. The highest BCUT2D eigenvalue weighted by molar-refractivity contribution is 6.91. The van der Waals surface area contributed by atoms with Gasteiger partial charge in [0, 0.05) is 6.42 Å². The molecule has 0 unspecified atom stereocenters. The van der Waals surface area contributed by atoms with E-state index in [2.05, 4.69) is 69.4 Å². The van der Waals surface area contributed by atoms with Crippen LogP contribution >= 0.6 is 0 Å². The summed E-state index contributed by atoms with van der Waals surface area (Å²) in [7, 11) is -1.56. The maximum absolute atomic E-state index is 10.7. The number of rotatable bonds is 7. The highest BCUT2D eigenvalue weighted by Crippen LogP contribution is 2.28. The van der Waals surface area contributed by atoms with Crippen LogP contribution in [0, 0.1) is 5.92 Å². The lowest BCUT2D eigenvalue weighted by Crippen LogP contribution is -2.45. The van der Waals surface area contributed by atoms with E-state index in [1.54, 1.807) is 0 Å². The fourth-order valence-corrected chi connectivity index (χ4v) is 5.34. The second-order valence-corrected chi connectivity index (χ2v) is 10.8. The van der Waals surface area contributed by atoms with Gasteiger partial charge in [0.1, 0.15) is 6.29 Å². The maximum Gasteiger partial charge on any atom is 0.120 e. The number of carbonyl (C=O) groups excluding carboxylic acids is 1. The lowest BCUT2D eigenvalue weighted by Gasteiger charge is -2.31. The van der Waals surface area contributed by atoms with E-state index < -0.39 is 8.07 Å². The third kappa shape index (κ3) is 4.79. The molecule has 19 heavy (non-hydrogen) atoms. The van der Waals surface area contributed by atoms with Crippen LogP contribution in [0.1, 0.15) is 26.7 Å². The van der Waals surface area contributed by atoms with Crippen molar-refractivity contribution in [3.05, 3.63) is 42.5 Å². The van der Waals surface area contributed by atoms with Crippen molar-refractivity contribution in [1.29, 1.82) is 0 Å². The van der Waals surface area contributed by atoms with E-state index in [0.717, 1.165) is 12.7 Å². The van der Waals surface area contributed by atoms with Crippen molar-refractivity contribution in [2.24, 2.45) is 5.92 Å². The minimum absolute atomic E-state index is 0.530. The van der Waals surface area contributed by atoms with E-state index in [1.807, 2.05) is 0 Å². The zero-order valence-electron chi connectivity index (χ0n) is 12.6. The number of allylic oxidation sites excluding steroid dienone is 2. The predicted octanol–water partition coefficient (Wildman–Crippen LogP) is 4.16. The Hall–Kier alpha value is -1.15. The van der Waals surface area contributed by atoms with Gasteiger partial charge in [-0.2, -0.15) is 0 Å². The van der Waals surface area contributed by atoms with Crippen LogP contribution in [0.4, 0.5) is 0 Å². The molecule has 0 saturated heterocycles. The monoisotopic (exact) mass is 274 g/mol. The summed E-state index contributed by atoms with van der Waals surface area (Å²) < 4.78 is 0. The van der Waals surface area contributed by atoms with Gasteiger partial charge >= 0.3 is 0 Å². The van der Waals surface area contributed by atoms with Crippen molar-refractivity contribution >= 4 is 19.5 Å². The second-order valence-electron chi connectivity index (χ2n) is 6.07. The Bertz CT molecular complexity index is 407. The molecule has 1 rings (SSSR count). The van der Waals surface area contributed by atoms with Gasteiger partial charge in [0.05, 0.1) is 8.07 Å². The van der Waals surface area contributed by atoms with E-state index in [1.165, 1.54) is 5.19 Å². The molecule has 0 amide bonds. The van der Waals surface area contributed by atoms with E-state index >= 15 is 0 Å². The number of aldehydes is 1. The van der Waals surface area contributed by atoms with Gasteiger partial charge in [0.2, 0.25) is 0 Å². The van der Waals surface area contributed by atoms with Crippen LogP contribution in [0.3, 0.4) is 0 Å². The molecule has 0 radical (unpaired) electrons. The molecule has 0 heterocycles. The van der Waals surface area contributed by atoms with Crippen molar-refractivity contribution in [1.82, 2.24) is 0 Å². The van der Waals surface area contributed by atoms with Gasteiger partial charge < -0.3 is 4.79 Å². The molecule has 1 nitrogen and oxygen atoms in total. The summed E-state index contributed by atoms with van der Waals surface area (Å²) in [5, 5.41) is 1.47. The van der Waals surface area contributed by atoms with Crippen molar-refractivity contribution in [3.63, 3.8) is 0 Å². The van der Waals surface area contributed by atoms with Gasteiger partial charge in [0.25, 0.3) is 0 Å². The van der Waals surface area contributed by atoms with E-state index in [-0.39, 0.29) is 0 Å². The summed E-state index contributed by atoms with van der Waals surface area (Å²) in [6.45, 7) is 9.21. The molecule has 0 saturated carbocycles. The molecule has 0 bridgehead atoms. The van der Waals surface area contributed by atoms with Gasteiger partial charge in [-0.3, -0.25) is 0 Å². The molecule has 0 spiro atoms. The molecule has 0 aromatic heterocycles. The van der Waals surface area contributed by atoms with E-state index in [4.69, 9.17) is 0 Å². The molecular weight excluding hydrogens is 248 g/mol. The van der Waals surface area contributed by atoms with Crippen molar-refractivity contribution in [2.75, 3.05) is 0 Å². The van der Waals surface area contributed by atoms with E-state index in [9.17, 15) is 4.79 Å². The summed E-state index contributed by atoms with van der Waals surface area (Å²) in [6.07, 6.45) is 7.32. The zero-order valence-corrected chi connectivity index (χ0v) is 13.6. The first-order valence-corrected chi connectivity index (χ1v) is 10.2. The van der Waals surface area contributed by atoms with Gasteiger partial charge in [-0.1, -0.05) is 74.6 Å². The third-order valence-corrected chi connectivity index (χ3v) is 7.93. The summed E-state index contributed by atoms with van der Waals surface area (Å²) >= 11 is 0. The molecule has 1 atom stereocenters. The van der Waals surface area contributed by atoms with Crippen molar-refractivity contribution in [3.8, 4) is 0 Å². The van der Waals surface area contributed by atoms with Crippen LogP contribution in [0.5, 0.6) is 0 Å². The second kappa shape index (κ2) is 7.44. The minimum atomic E-state index is -1.56.